The van der Waals surface area contributed by atoms with Crippen molar-refractivity contribution in [1.82, 2.24) is 30.8 Å². The van der Waals surface area contributed by atoms with Gasteiger partial charge in [-0.3, -0.25) is 19.2 Å². The molecule has 3 aromatic rings. The first-order valence-electron chi connectivity index (χ1n) is 17.4. The molecule has 13 nitrogen and oxygen atoms in total. The first-order chi connectivity index (χ1) is 24.5. The second kappa shape index (κ2) is 16.6. The molecule has 1 aliphatic rings. The minimum atomic E-state index is -3.46. The van der Waals surface area contributed by atoms with Gasteiger partial charge in [-0.05, 0) is 64.9 Å². The van der Waals surface area contributed by atoms with Crippen LogP contribution in [0.15, 0.2) is 48.8 Å². The maximum absolute atomic E-state index is 16.6. The molecule has 0 spiro atoms. The zero-order chi connectivity index (χ0) is 38.3. The molecule has 4 rings (SSSR count). The molecule has 0 bridgehead atoms. The first-order valence-corrected chi connectivity index (χ1v) is 19.3. The van der Waals surface area contributed by atoms with E-state index in [0.29, 0.717) is 46.8 Å². The predicted molar refractivity (Wildman–Crippen MR) is 198 cm³/mol. The van der Waals surface area contributed by atoms with Crippen LogP contribution in [-0.2, 0) is 9.59 Å². The summed E-state index contributed by atoms with van der Waals surface area (Å²) >= 11 is 0. The Hall–Kier alpha value is -4.94. The molecule has 278 valence electrons. The van der Waals surface area contributed by atoms with Crippen LogP contribution >= 0.6 is 0 Å². The quantitative estimate of drug-likeness (QED) is 0.116. The van der Waals surface area contributed by atoms with Gasteiger partial charge >= 0.3 is 0 Å². The number of nitrogens with one attached hydrogen (secondary N) is 3. The van der Waals surface area contributed by atoms with Crippen molar-refractivity contribution in [3.63, 3.8) is 0 Å². The highest BCUT2D eigenvalue weighted by molar-refractivity contribution is 6.90. The van der Waals surface area contributed by atoms with Gasteiger partial charge in [0.1, 0.15) is 29.9 Å². The van der Waals surface area contributed by atoms with E-state index in [-0.39, 0.29) is 37.8 Å². The number of hydrogen-bond donors (Lipinski definition) is 4. The molecule has 1 aromatic heterocycles. The van der Waals surface area contributed by atoms with Crippen molar-refractivity contribution in [2.45, 2.75) is 83.0 Å². The SMILES string of the molecule is CC(C)(C)[Si](F)(c1ccc(C(=O)NCC(N)C(=O)NCCCOc2ccc3ncnc(C(=O)NCC(=O)N4CCCC4C#N)c3c2)cc1)C(C)(C)C. The topological polar surface area (TPSA) is 192 Å². The lowest BCUT2D eigenvalue weighted by Gasteiger charge is -2.44. The Balaban J connectivity index is 1.22. The van der Waals surface area contributed by atoms with Crippen LogP contribution in [0.1, 0.15) is 81.7 Å². The molecule has 2 atom stereocenters. The molecule has 52 heavy (non-hydrogen) atoms. The Morgan fingerprint density at radius 3 is 2.37 bits per heavy atom. The van der Waals surface area contributed by atoms with Gasteiger partial charge in [0.15, 0.2) is 0 Å². The summed E-state index contributed by atoms with van der Waals surface area (Å²) < 4.78 is 22.4. The van der Waals surface area contributed by atoms with Gasteiger partial charge in [-0.15, -0.1) is 0 Å². The molecule has 0 aliphatic carbocycles. The van der Waals surface area contributed by atoms with Crippen LogP contribution in [0, 0.1) is 11.3 Å². The molecule has 0 saturated carbocycles. The number of benzene rings is 2. The van der Waals surface area contributed by atoms with E-state index >= 15 is 4.11 Å². The fourth-order valence-electron chi connectivity index (χ4n) is 6.69. The number of nitrogens with two attached hydrogens (primary N) is 1. The number of carbonyl (C=O) groups excluding carboxylic acids is 4. The van der Waals surface area contributed by atoms with Crippen molar-refractivity contribution in [1.29, 1.82) is 5.26 Å². The van der Waals surface area contributed by atoms with Gasteiger partial charge in [-0.25, -0.2) is 9.97 Å². The van der Waals surface area contributed by atoms with E-state index in [4.69, 9.17) is 10.5 Å². The van der Waals surface area contributed by atoms with Crippen LogP contribution in [0.5, 0.6) is 5.75 Å². The third kappa shape index (κ3) is 9.10. The first kappa shape index (κ1) is 39.8. The Kier molecular flexibility index (Phi) is 12.7. The van der Waals surface area contributed by atoms with Crippen LogP contribution in [0.4, 0.5) is 4.11 Å². The molecule has 2 unspecified atom stereocenters. The number of nitriles is 1. The van der Waals surface area contributed by atoms with E-state index in [1.54, 1.807) is 42.5 Å². The number of likely N-dealkylation sites (tertiary alicyclic amines) is 1. The highest BCUT2D eigenvalue weighted by Gasteiger charge is 2.56. The molecule has 2 aromatic carbocycles. The number of amides is 4. The van der Waals surface area contributed by atoms with Crippen molar-refractivity contribution in [2.75, 3.05) is 32.8 Å². The Morgan fingerprint density at radius 1 is 1.02 bits per heavy atom. The Labute approximate surface area is 305 Å². The molecule has 15 heteroatoms. The Morgan fingerprint density at radius 2 is 1.71 bits per heavy atom. The molecule has 1 aliphatic heterocycles. The van der Waals surface area contributed by atoms with Crippen molar-refractivity contribution in [2.24, 2.45) is 5.73 Å². The van der Waals surface area contributed by atoms with E-state index < -0.39 is 48.3 Å². The minimum absolute atomic E-state index is 0.0800. The lowest BCUT2D eigenvalue weighted by Crippen LogP contribution is -2.57. The summed E-state index contributed by atoms with van der Waals surface area (Å²) in [5, 5.41) is 17.2. The zero-order valence-corrected chi connectivity index (χ0v) is 31.7. The second-order valence-corrected chi connectivity index (χ2v) is 19.9. The lowest BCUT2D eigenvalue weighted by molar-refractivity contribution is -0.130. The number of rotatable bonds is 13. The number of halogens is 1. The van der Waals surface area contributed by atoms with Crippen LogP contribution in [0.3, 0.4) is 0 Å². The summed E-state index contributed by atoms with van der Waals surface area (Å²) in [6.07, 6.45) is 3.07. The molecule has 1 saturated heterocycles. The van der Waals surface area contributed by atoms with Crippen LogP contribution < -0.4 is 31.6 Å². The van der Waals surface area contributed by atoms with Gasteiger partial charge in [0.2, 0.25) is 11.8 Å². The van der Waals surface area contributed by atoms with Gasteiger partial charge in [0.25, 0.3) is 20.2 Å². The average Bonchev–Trinajstić information content (AvgIpc) is 3.60. The fraction of sp³-hybridized carbons (Fsp3) is 0.486. The number of nitrogens with zero attached hydrogens (tertiary/aromatic N) is 4. The molecule has 4 amide bonds. The van der Waals surface area contributed by atoms with E-state index in [2.05, 4.69) is 32.0 Å². The monoisotopic (exact) mass is 732 g/mol. The predicted octanol–water partition coefficient (Wildman–Crippen LogP) is 3.24. The van der Waals surface area contributed by atoms with Gasteiger partial charge in [-0.2, -0.15) is 5.26 Å². The number of aromatic nitrogens is 2. The van der Waals surface area contributed by atoms with E-state index in [9.17, 15) is 24.4 Å². The van der Waals surface area contributed by atoms with Crippen LogP contribution in [0.25, 0.3) is 10.9 Å². The number of ether oxygens (including phenoxy) is 1. The number of hydrogen-bond acceptors (Lipinski definition) is 9. The Bertz CT molecular complexity index is 1810. The van der Waals surface area contributed by atoms with E-state index in [1.165, 1.54) is 11.2 Å². The number of carbonyl (C=O) groups is 4. The molecule has 1 fully saturated rings. The highest BCUT2D eigenvalue weighted by Crippen LogP contribution is 2.51. The summed E-state index contributed by atoms with van der Waals surface area (Å²) in [4.78, 5) is 60.7. The summed E-state index contributed by atoms with van der Waals surface area (Å²) in [7, 11) is -3.46. The average molecular weight is 733 g/mol. The molecule has 5 N–H and O–H groups in total. The molecule has 2 heterocycles. The summed E-state index contributed by atoms with van der Waals surface area (Å²) in [5.41, 5.74) is 6.96. The molecular weight excluding hydrogens is 684 g/mol. The summed E-state index contributed by atoms with van der Waals surface area (Å²) in [6, 6.07) is 12.3. The lowest BCUT2D eigenvalue weighted by atomic mass is 10.1. The maximum atomic E-state index is 16.6. The normalized spacial score (nSPS) is 15.4. The second-order valence-electron chi connectivity index (χ2n) is 15.0. The molecular formula is C37H49FN8O5Si. The number of fused-ring (bicyclic) bond motifs is 1. The third-order valence-corrected chi connectivity index (χ3v) is 14.5. The zero-order valence-electron chi connectivity index (χ0n) is 30.7. The van der Waals surface area contributed by atoms with Crippen molar-refractivity contribution >= 4 is 48.1 Å². The van der Waals surface area contributed by atoms with Crippen molar-refractivity contribution in [3.8, 4) is 11.8 Å². The van der Waals surface area contributed by atoms with E-state index in [0.717, 1.165) is 6.42 Å². The maximum Gasteiger partial charge on any atom is 0.288 e. The van der Waals surface area contributed by atoms with Gasteiger partial charge in [0, 0.05) is 30.6 Å². The molecule has 0 radical (unpaired) electrons. The summed E-state index contributed by atoms with van der Waals surface area (Å²) in [5.74, 6) is -1.28. The largest absolute Gasteiger partial charge is 0.494 e. The van der Waals surface area contributed by atoms with Gasteiger partial charge in [0.05, 0.1) is 24.7 Å². The van der Waals surface area contributed by atoms with Crippen molar-refractivity contribution in [3.05, 3.63) is 60.0 Å². The van der Waals surface area contributed by atoms with Gasteiger partial charge in [-0.1, -0.05) is 53.7 Å². The van der Waals surface area contributed by atoms with E-state index in [1.807, 2.05) is 41.5 Å². The van der Waals surface area contributed by atoms with Gasteiger partial charge < -0.3 is 35.4 Å². The third-order valence-electron chi connectivity index (χ3n) is 9.26. The van der Waals surface area contributed by atoms with Crippen molar-refractivity contribution < 1.29 is 28.0 Å². The smallest absolute Gasteiger partial charge is 0.288 e. The summed E-state index contributed by atoms with van der Waals surface area (Å²) in [6.45, 7) is 12.2. The van der Waals surface area contributed by atoms with Crippen LogP contribution in [-0.4, -0.2) is 91.8 Å². The minimum Gasteiger partial charge on any atom is -0.494 e. The standard InChI is InChI=1S/C37H49FN8O5Si/c1-36(2,3)52(38,37(4,5)6)27-13-10-24(11-14-27)33(48)42-21-29(40)34(49)41-16-8-18-51-26-12-15-30-28(19-26)32(45-23-44-30)35(50)43-22-31(47)46-17-7-9-25(46)20-39/h10-15,19,23,25,29H,7-9,16-18,21-22,40H2,1-6H3,(H,41,49)(H,42,48)(H,43,50). The highest BCUT2D eigenvalue weighted by atomic mass is 28.4. The van der Waals surface area contributed by atoms with Crippen LogP contribution in [0.2, 0.25) is 10.1 Å². The fourth-order valence-corrected chi connectivity index (χ4v) is 11.3.